The van der Waals surface area contributed by atoms with E-state index in [1.807, 2.05) is 13.8 Å². The fourth-order valence-corrected chi connectivity index (χ4v) is 1.47. The van der Waals surface area contributed by atoms with Crippen LogP contribution in [0.3, 0.4) is 0 Å². The molecule has 6 nitrogen and oxygen atoms in total. The van der Waals surface area contributed by atoms with E-state index in [1.54, 1.807) is 27.7 Å². The number of carbonyl (C=O) groups excluding carboxylic acids is 2. The summed E-state index contributed by atoms with van der Waals surface area (Å²) in [5.74, 6) is -0.597. The summed E-state index contributed by atoms with van der Waals surface area (Å²) in [7, 11) is 1.53. The van der Waals surface area contributed by atoms with E-state index in [1.165, 1.54) is 7.11 Å². The van der Waals surface area contributed by atoms with Crippen molar-refractivity contribution >= 4 is 12.1 Å². The molecule has 0 radical (unpaired) electrons. The van der Waals surface area contributed by atoms with E-state index < -0.39 is 23.7 Å². The van der Waals surface area contributed by atoms with Gasteiger partial charge in [0, 0.05) is 7.11 Å². The van der Waals surface area contributed by atoms with Crippen LogP contribution in [0.5, 0.6) is 0 Å². The number of rotatable bonds is 6. The average molecular weight is 289 g/mol. The van der Waals surface area contributed by atoms with Crippen molar-refractivity contribution in [1.82, 2.24) is 5.32 Å². The Morgan fingerprint density at radius 1 is 1.15 bits per heavy atom. The van der Waals surface area contributed by atoms with Crippen LogP contribution in [0.15, 0.2) is 0 Å². The van der Waals surface area contributed by atoms with E-state index in [-0.39, 0.29) is 12.0 Å². The van der Waals surface area contributed by atoms with Crippen molar-refractivity contribution in [1.29, 1.82) is 0 Å². The van der Waals surface area contributed by atoms with E-state index in [0.717, 1.165) is 0 Å². The summed E-state index contributed by atoms with van der Waals surface area (Å²) < 4.78 is 15.3. The molecule has 1 N–H and O–H groups in total. The molecule has 20 heavy (non-hydrogen) atoms. The summed E-state index contributed by atoms with van der Waals surface area (Å²) in [6.07, 6.45) is -0.998. The maximum Gasteiger partial charge on any atom is 0.408 e. The Hall–Kier alpha value is -1.30. The first-order chi connectivity index (χ1) is 9.06. The van der Waals surface area contributed by atoms with Crippen molar-refractivity contribution in [3.05, 3.63) is 0 Å². The van der Waals surface area contributed by atoms with Crippen molar-refractivity contribution in [2.45, 2.75) is 59.3 Å². The van der Waals surface area contributed by atoms with Gasteiger partial charge in [0.15, 0.2) is 0 Å². The van der Waals surface area contributed by atoms with Crippen molar-refractivity contribution in [2.24, 2.45) is 5.92 Å². The van der Waals surface area contributed by atoms with Gasteiger partial charge in [0.05, 0.1) is 6.61 Å². The topological polar surface area (TPSA) is 73.9 Å². The molecule has 0 bridgehead atoms. The first kappa shape index (κ1) is 18.7. The van der Waals surface area contributed by atoms with Gasteiger partial charge in [-0.2, -0.15) is 0 Å². The van der Waals surface area contributed by atoms with Gasteiger partial charge in [0.1, 0.15) is 17.7 Å². The van der Waals surface area contributed by atoms with Crippen LogP contribution in [-0.2, 0) is 19.0 Å². The fourth-order valence-electron chi connectivity index (χ4n) is 1.47. The Kier molecular flexibility index (Phi) is 7.57. The quantitative estimate of drug-likeness (QED) is 0.758. The van der Waals surface area contributed by atoms with Crippen LogP contribution >= 0.6 is 0 Å². The highest BCUT2D eigenvalue weighted by Gasteiger charge is 2.29. The molecular formula is C14H27NO5. The third-order valence-corrected chi connectivity index (χ3v) is 2.31. The zero-order valence-electron chi connectivity index (χ0n) is 13.5. The Morgan fingerprint density at radius 2 is 1.70 bits per heavy atom. The minimum absolute atomic E-state index is 0.107. The molecule has 0 aromatic heterocycles. The zero-order valence-corrected chi connectivity index (χ0v) is 13.5. The Bertz CT molecular complexity index is 322. The number of esters is 1. The van der Waals surface area contributed by atoms with E-state index in [2.05, 4.69) is 5.32 Å². The van der Waals surface area contributed by atoms with Gasteiger partial charge in [0.2, 0.25) is 0 Å². The average Bonchev–Trinajstić information content (AvgIpc) is 2.22. The molecule has 2 atom stereocenters. The zero-order chi connectivity index (χ0) is 15.9. The molecule has 0 heterocycles. The molecule has 0 saturated carbocycles. The summed E-state index contributed by atoms with van der Waals surface area (Å²) in [6, 6.07) is -0.746. The second-order valence-corrected chi connectivity index (χ2v) is 6.07. The predicted octanol–water partition coefficient (Wildman–Crippen LogP) is 2.11. The molecule has 118 valence electrons. The largest absolute Gasteiger partial charge is 0.459 e. The van der Waals surface area contributed by atoms with E-state index in [0.29, 0.717) is 6.61 Å². The first-order valence-electron chi connectivity index (χ1n) is 6.75. The third-order valence-electron chi connectivity index (χ3n) is 2.31. The predicted molar refractivity (Wildman–Crippen MR) is 75.4 cm³/mol. The lowest BCUT2D eigenvalue weighted by Crippen LogP contribution is -2.48. The maximum atomic E-state index is 12.0. The minimum Gasteiger partial charge on any atom is -0.459 e. The van der Waals surface area contributed by atoms with Gasteiger partial charge in [0.25, 0.3) is 0 Å². The number of nitrogens with one attached hydrogen (secondary N) is 1. The standard InChI is InChI=1S/C14H27NO5/c1-9(2)11(12(16)19-10(3)8-18-7)15-13(17)20-14(4,5)6/h9-11H,8H2,1-7H3,(H,15,17)/t10-,11-/m0/s1. The number of carbonyl (C=O) groups is 2. The lowest BCUT2D eigenvalue weighted by Gasteiger charge is -2.25. The van der Waals surface area contributed by atoms with Gasteiger partial charge >= 0.3 is 12.1 Å². The van der Waals surface area contributed by atoms with Gasteiger partial charge < -0.3 is 19.5 Å². The highest BCUT2D eigenvalue weighted by molar-refractivity contribution is 5.81. The number of amides is 1. The Morgan fingerprint density at radius 3 is 2.10 bits per heavy atom. The molecule has 0 fully saturated rings. The third kappa shape index (κ3) is 7.99. The summed E-state index contributed by atoms with van der Waals surface area (Å²) >= 11 is 0. The summed E-state index contributed by atoms with van der Waals surface area (Å²) in [5, 5.41) is 2.54. The SMILES string of the molecule is COC[C@H](C)OC(=O)[C@@H](NC(=O)OC(C)(C)C)C(C)C. The molecule has 0 aromatic carbocycles. The van der Waals surface area contributed by atoms with Crippen LogP contribution in [0.4, 0.5) is 4.79 Å². The normalized spacial score (nSPS) is 14.6. The van der Waals surface area contributed by atoms with E-state index in [4.69, 9.17) is 14.2 Å². The van der Waals surface area contributed by atoms with Gasteiger partial charge in [-0.25, -0.2) is 9.59 Å². The first-order valence-corrected chi connectivity index (χ1v) is 6.75. The summed E-state index contributed by atoms with van der Waals surface area (Å²) in [6.45, 7) is 11.0. The van der Waals surface area contributed by atoms with Crippen LogP contribution in [0.1, 0.15) is 41.5 Å². The highest BCUT2D eigenvalue weighted by atomic mass is 16.6. The highest BCUT2D eigenvalue weighted by Crippen LogP contribution is 2.10. The molecule has 0 spiro atoms. The molecule has 0 unspecified atom stereocenters. The summed E-state index contributed by atoms with van der Waals surface area (Å²) in [4.78, 5) is 23.7. The maximum absolute atomic E-state index is 12.0. The smallest absolute Gasteiger partial charge is 0.408 e. The minimum atomic E-state index is -0.746. The van der Waals surface area contributed by atoms with Crippen LogP contribution in [0.25, 0.3) is 0 Å². The molecule has 6 heteroatoms. The van der Waals surface area contributed by atoms with Crippen molar-refractivity contribution in [2.75, 3.05) is 13.7 Å². The van der Waals surface area contributed by atoms with E-state index in [9.17, 15) is 9.59 Å². The molecule has 0 aliphatic rings. The van der Waals surface area contributed by atoms with Gasteiger partial charge in [-0.15, -0.1) is 0 Å². The van der Waals surface area contributed by atoms with Gasteiger partial charge in [-0.05, 0) is 33.6 Å². The van der Waals surface area contributed by atoms with Gasteiger partial charge in [-0.1, -0.05) is 13.8 Å². The number of alkyl carbamates (subject to hydrolysis) is 1. The van der Waals surface area contributed by atoms with Gasteiger partial charge in [-0.3, -0.25) is 0 Å². The van der Waals surface area contributed by atoms with Crippen molar-refractivity contribution in [3.8, 4) is 0 Å². The lowest BCUT2D eigenvalue weighted by molar-refractivity contribution is -0.154. The monoisotopic (exact) mass is 289 g/mol. The number of hydrogen-bond acceptors (Lipinski definition) is 5. The second-order valence-electron chi connectivity index (χ2n) is 6.07. The Labute approximate surface area is 121 Å². The van der Waals surface area contributed by atoms with Crippen LogP contribution in [0, 0.1) is 5.92 Å². The molecule has 1 amide bonds. The second kappa shape index (κ2) is 8.09. The van der Waals surface area contributed by atoms with E-state index >= 15 is 0 Å². The lowest BCUT2D eigenvalue weighted by atomic mass is 10.1. The number of methoxy groups -OCH3 is 1. The molecule has 0 aliphatic carbocycles. The molecule has 0 aliphatic heterocycles. The molecule has 0 aromatic rings. The van der Waals surface area contributed by atoms with Crippen molar-refractivity contribution < 1.29 is 23.8 Å². The molecular weight excluding hydrogens is 262 g/mol. The summed E-state index contributed by atoms with van der Waals surface area (Å²) in [5.41, 5.74) is -0.612. The number of hydrogen-bond donors (Lipinski definition) is 1. The fraction of sp³-hybridized carbons (Fsp3) is 0.857. The Balaban J connectivity index is 4.57. The van der Waals surface area contributed by atoms with Crippen LogP contribution in [-0.4, -0.2) is 43.5 Å². The molecule has 0 rings (SSSR count). The van der Waals surface area contributed by atoms with Crippen molar-refractivity contribution in [3.63, 3.8) is 0 Å². The van der Waals surface area contributed by atoms with Crippen LogP contribution < -0.4 is 5.32 Å². The number of ether oxygens (including phenoxy) is 3. The van der Waals surface area contributed by atoms with Crippen LogP contribution in [0.2, 0.25) is 0 Å². The molecule has 0 saturated heterocycles.